The Kier molecular flexibility index (Phi) is 7.69. The predicted octanol–water partition coefficient (Wildman–Crippen LogP) is 3.62. The quantitative estimate of drug-likeness (QED) is 0.713. The number of benzene rings is 1. The average molecular weight is 374 g/mol. The Morgan fingerprint density at radius 3 is 2.52 bits per heavy atom. The van der Waals surface area contributed by atoms with Gasteiger partial charge in [0, 0.05) is 24.0 Å². The Morgan fingerprint density at radius 2 is 1.85 bits per heavy atom. The van der Waals surface area contributed by atoms with Crippen molar-refractivity contribution in [2.45, 2.75) is 84.8 Å². The van der Waals surface area contributed by atoms with Crippen LogP contribution in [0.1, 0.15) is 63.1 Å². The summed E-state index contributed by atoms with van der Waals surface area (Å²) in [5, 5.41) is 9.10. The zero-order valence-electron chi connectivity index (χ0n) is 17.4. The minimum atomic E-state index is -0.137. The minimum absolute atomic E-state index is 0.000850. The van der Waals surface area contributed by atoms with Crippen LogP contribution in [0.2, 0.25) is 0 Å². The molecule has 0 aromatic heterocycles. The number of rotatable bonds is 6. The third-order valence-corrected chi connectivity index (χ3v) is 5.21. The third-order valence-electron chi connectivity index (χ3n) is 5.21. The molecule has 1 fully saturated rings. The Labute approximate surface area is 163 Å². The lowest BCUT2D eigenvalue weighted by Gasteiger charge is -2.30. The standard InChI is InChI=1S/C22H35N3O2/c1-14(2)23-21(26)19-7-6-8-20(13-19)25-22(27)24-17(5)12-18-10-9-15(3)11-16(18)4/h9-11,14,17,19-20H,6-8,12-13H2,1-5H3,(H,23,26)(H2,24,25,27). The van der Waals surface area contributed by atoms with Crippen LogP contribution in [0.3, 0.4) is 0 Å². The lowest BCUT2D eigenvalue weighted by atomic mass is 9.85. The summed E-state index contributed by atoms with van der Waals surface area (Å²) in [5.74, 6) is 0.110. The lowest BCUT2D eigenvalue weighted by Crippen LogP contribution is -2.49. The van der Waals surface area contributed by atoms with Gasteiger partial charge in [0.1, 0.15) is 0 Å². The van der Waals surface area contributed by atoms with E-state index >= 15 is 0 Å². The van der Waals surface area contributed by atoms with E-state index in [1.54, 1.807) is 0 Å². The molecule has 150 valence electrons. The second kappa shape index (κ2) is 9.77. The summed E-state index contributed by atoms with van der Waals surface area (Å²) in [5.41, 5.74) is 3.77. The van der Waals surface area contributed by atoms with Gasteiger partial charge in [0.25, 0.3) is 0 Å². The smallest absolute Gasteiger partial charge is 0.315 e. The molecular formula is C22H35N3O2. The average Bonchev–Trinajstić information content (AvgIpc) is 2.57. The Balaban J connectivity index is 1.81. The van der Waals surface area contributed by atoms with Gasteiger partial charge in [0.05, 0.1) is 0 Å². The van der Waals surface area contributed by atoms with Crippen LogP contribution in [-0.4, -0.2) is 30.1 Å². The number of nitrogens with one attached hydrogen (secondary N) is 3. The summed E-state index contributed by atoms with van der Waals surface area (Å²) < 4.78 is 0. The van der Waals surface area contributed by atoms with Gasteiger partial charge in [-0.15, -0.1) is 0 Å². The first kappa shape index (κ1) is 21.3. The summed E-state index contributed by atoms with van der Waals surface area (Å²) in [4.78, 5) is 24.6. The molecule has 3 N–H and O–H groups in total. The zero-order valence-corrected chi connectivity index (χ0v) is 17.4. The summed E-state index contributed by atoms with van der Waals surface area (Å²) in [7, 11) is 0. The van der Waals surface area contributed by atoms with Crippen molar-refractivity contribution >= 4 is 11.9 Å². The molecule has 1 aliphatic carbocycles. The maximum atomic E-state index is 12.4. The van der Waals surface area contributed by atoms with E-state index < -0.39 is 0 Å². The van der Waals surface area contributed by atoms with Crippen molar-refractivity contribution in [3.05, 3.63) is 34.9 Å². The lowest BCUT2D eigenvalue weighted by molar-refractivity contribution is -0.126. The molecule has 3 atom stereocenters. The van der Waals surface area contributed by atoms with Crippen LogP contribution >= 0.6 is 0 Å². The van der Waals surface area contributed by atoms with Gasteiger partial charge in [-0.2, -0.15) is 0 Å². The molecule has 1 saturated carbocycles. The normalized spacial score (nSPS) is 20.8. The highest BCUT2D eigenvalue weighted by molar-refractivity contribution is 5.79. The van der Waals surface area contributed by atoms with E-state index in [9.17, 15) is 9.59 Å². The van der Waals surface area contributed by atoms with Gasteiger partial charge in [-0.1, -0.05) is 30.2 Å². The summed E-state index contributed by atoms with van der Waals surface area (Å²) >= 11 is 0. The molecule has 0 spiro atoms. The van der Waals surface area contributed by atoms with E-state index in [4.69, 9.17) is 0 Å². The van der Waals surface area contributed by atoms with Crippen molar-refractivity contribution < 1.29 is 9.59 Å². The van der Waals surface area contributed by atoms with E-state index in [0.717, 1.165) is 32.1 Å². The molecule has 5 heteroatoms. The van der Waals surface area contributed by atoms with Crippen LogP contribution in [0.25, 0.3) is 0 Å². The molecule has 27 heavy (non-hydrogen) atoms. The summed E-state index contributed by atoms with van der Waals surface area (Å²) in [6, 6.07) is 6.55. The van der Waals surface area contributed by atoms with Gasteiger partial charge in [-0.05, 0) is 71.4 Å². The Bertz CT molecular complexity index is 657. The minimum Gasteiger partial charge on any atom is -0.354 e. The van der Waals surface area contributed by atoms with Crippen LogP contribution in [0.5, 0.6) is 0 Å². The second-order valence-corrected chi connectivity index (χ2v) is 8.38. The van der Waals surface area contributed by atoms with Crippen molar-refractivity contribution in [1.29, 1.82) is 0 Å². The topological polar surface area (TPSA) is 70.2 Å². The van der Waals surface area contributed by atoms with Gasteiger partial charge in [0.2, 0.25) is 5.91 Å². The van der Waals surface area contributed by atoms with Crippen molar-refractivity contribution in [3.8, 4) is 0 Å². The molecule has 0 aliphatic heterocycles. The Hall–Kier alpha value is -2.04. The first-order chi connectivity index (χ1) is 12.7. The van der Waals surface area contributed by atoms with Crippen LogP contribution in [0.15, 0.2) is 18.2 Å². The monoisotopic (exact) mass is 373 g/mol. The van der Waals surface area contributed by atoms with Gasteiger partial charge in [-0.3, -0.25) is 4.79 Å². The molecule has 1 aliphatic rings. The molecule has 0 radical (unpaired) electrons. The summed E-state index contributed by atoms with van der Waals surface area (Å²) in [6.45, 7) is 10.2. The number of hydrogen-bond donors (Lipinski definition) is 3. The fourth-order valence-electron chi connectivity index (χ4n) is 3.87. The molecule has 2 rings (SSSR count). The fourth-order valence-corrected chi connectivity index (χ4v) is 3.87. The maximum absolute atomic E-state index is 12.4. The van der Waals surface area contributed by atoms with Gasteiger partial charge >= 0.3 is 6.03 Å². The van der Waals surface area contributed by atoms with Gasteiger partial charge < -0.3 is 16.0 Å². The molecule has 3 amide bonds. The molecule has 1 aromatic rings. The summed E-state index contributed by atoms with van der Waals surface area (Å²) in [6.07, 6.45) is 4.34. The maximum Gasteiger partial charge on any atom is 0.315 e. The van der Waals surface area contributed by atoms with E-state index in [-0.39, 0.29) is 36.0 Å². The van der Waals surface area contributed by atoms with E-state index in [2.05, 4.69) is 48.0 Å². The van der Waals surface area contributed by atoms with E-state index in [0.29, 0.717) is 0 Å². The first-order valence-corrected chi connectivity index (χ1v) is 10.2. The second-order valence-electron chi connectivity index (χ2n) is 8.38. The number of hydrogen-bond acceptors (Lipinski definition) is 2. The number of urea groups is 1. The molecule has 3 unspecified atom stereocenters. The number of carbonyl (C=O) groups is 2. The Morgan fingerprint density at radius 1 is 1.11 bits per heavy atom. The first-order valence-electron chi connectivity index (χ1n) is 10.2. The highest BCUT2D eigenvalue weighted by atomic mass is 16.2. The predicted molar refractivity (Wildman–Crippen MR) is 110 cm³/mol. The third kappa shape index (κ3) is 6.89. The van der Waals surface area contributed by atoms with Crippen LogP contribution in [0, 0.1) is 19.8 Å². The number of carbonyl (C=O) groups excluding carboxylic acids is 2. The highest BCUT2D eigenvalue weighted by Gasteiger charge is 2.28. The fraction of sp³-hybridized carbons (Fsp3) is 0.636. The van der Waals surface area contributed by atoms with Crippen LogP contribution in [0.4, 0.5) is 4.79 Å². The van der Waals surface area contributed by atoms with Crippen molar-refractivity contribution in [2.24, 2.45) is 5.92 Å². The van der Waals surface area contributed by atoms with Gasteiger partial charge in [-0.25, -0.2) is 4.79 Å². The molecule has 0 bridgehead atoms. The van der Waals surface area contributed by atoms with Crippen LogP contribution in [-0.2, 0) is 11.2 Å². The largest absolute Gasteiger partial charge is 0.354 e. The number of aryl methyl sites for hydroxylation is 2. The van der Waals surface area contributed by atoms with Crippen molar-refractivity contribution in [1.82, 2.24) is 16.0 Å². The zero-order chi connectivity index (χ0) is 20.0. The molecule has 1 aromatic carbocycles. The molecule has 0 heterocycles. The van der Waals surface area contributed by atoms with E-state index in [1.807, 2.05) is 20.8 Å². The van der Waals surface area contributed by atoms with Crippen molar-refractivity contribution in [2.75, 3.05) is 0 Å². The van der Waals surface area contributed by atoms with Crippen molar-refractivity contribution in [3.63, 3.8) is 0 Å². The molecule has 5 nitrogen and oxygen atoms in total. The van der Waals surface area contributed by atoms with Gasteiger partial charge in [0.15, 0.2) is 0 Å². The van der Waals surface area contributed by atoms with Crippen LogP contribution < -0.4 is 16.0 Å². The molecular weight excluding hydrogens is 338 g/mol. The molecule has 0 saturated heterocycles. The van der Waals surface area contributed by atoms with E-state index in [1.165, 1.54) is 16.7 Å². The SMILES string of the molecule is Cc1ccc(CC(C)NC(=O)NC2CCCC(C(=O)NC(C)C)C2)c(C)c1. The number of amides is 3. The highest BCUT2D eigenvalue weighted by Crippen LogP contribution is 2.24.